The Morgan fingerprint density at radius 3 is 2.55 bits per heavy atom. The van der Waals surface area contributed by atoms with Crippen molar-refractivity contribution in [2.75, 3.05) is 22.6 Å². The molecule has 0 saturated heterocycles. The molecule has 0 saturated carbocycles. The van der Waals surface area contributed by atoms with Crippen LogP contribution in [0.3, 0.4) is 0 Å². The van der Waals surface area contributed by atoms with Gasteiger partial charge < -0.3 is 11.1 Å². The fourth-order valence-electron chi connectivity index (χ4n) is 1.72. The first-order valence-corrected chi connectivity index (χ1v) is 8.39. The number of amides is 1. The number of benzene rings is 1. The third kappa shape index (κ3) is 5.21. The molecule has 0 heterocycles. The molecule has 112 valence electrons. The summed E-state index contributed by atoms with van der Waals surface area (Å²) >= 11 is 0. The fourth-order valence-corrected chi connectivity index (χ4v) is 3.17. The maximum absolute atomic E-state index is 11.8. The van der Waals surface area contributed by atoms with Gasteiger partial charge in [0, 0.05) is 0 Å². The van der Waals surface area contributed by atoms with Crippen LogP contribution in [-0.4, -0.2) is 25.8 Å². The van der Waals surface area contributed by atoms with E-state index in [0.29, 0.717) is 23.7 Å². The Labute approximate surface area is 120 Å². The number of sulfone groups is 1. The largest absolute Gasteiger partial charge is 0.397 e. The fraction of sp³-hybridized carbons (Fsp3) is 0.500. The Morgan fingerprint density at radius 1 is 1.35 bits per heavy atom. The van der Waals surface area contributed by atoms with E-state index in [2.05, 4.69) is 5.32 Å². The monoisotopic (exact) mass is 298 g/mol. The summed E-state index contributed by atoms with van der Waals surface area (Å²) < 4.78 is 23.6. The predicted octanol–water partition coefficient (Wildman–Crippen LogP) is 1.98. The van der Waals surface area contributed by atoms with Crippen molar-refractivity contribution >= 4 is 27.1 Å². The molecule has 0 aromatic heterocycles. The molecule has 1 aromatic rings. The van der Waals surface area contributed by atoms with E-state index in [4.69, 9.17) is 5.73 Å². The molecule has 3 N–H and O–H groups in total. The van der Waals surface area contributed by atoms with Crippen LogP contribution in [0, 0.1) is 12.8 Å². The average Bonchev–Trinajstić information content (AvgIpc) is 2.31. The molecule has 0 aliphatic rings. The summed E-state index contributed by atoms with van der Waals surface area (Å²) in [5, 5.41) is 2.58. The molecule has 0 bridgehead atoms. The highest BCUT2D eigenvalue weighted by molar-refractivity contribution is 7.92. The number of anilines is 2. The molecule has 0 radical (unpaired) electrons. The number of hydrogen-bond donors (Lipinski definition) is 2. The Hall–Kier alpha value is -1.56. The SMILES string of the molecule is Cc1cccc(N)c1NC(=O)CS(=O)(=O)CCC(C)C. The number of carbonyl (C=O) groups is 1. The van der Waals surface area contributed by atoms with Crippen molar-refractivity contribution in [2.24, 2.45) is 5.92 Å². The second-order valence-electron chi connectivity index (χ2n) is 5.36. The predicted molar refractivity (Wildman–Crippen MR) is 82.3 cm³/mol. The molecular weight excluding hydrogens is 276 g/mol. The van der Waals surface area contributed by atoms with Gasteiger partial charge in [0.05, 0.1) is 17.1 Å². The highest BCUT2D eigenvalue weighted by Gasteiger charge is 2.18. The zero-order valence-electron chi connectivity index (χ0n) is 12.1. The van der Waals surface area contributed by atoms with Gasteiger partial charge in [0.25, 0.3) is 0 Å². The number of nitrogens with one attached hydrogen (secondary N) is 1. The molecule has 1 rings (SSSR count). The zero-order valence-corrected chi connectivity index (χ0v) is 13.0. The first-order chi connectivity index (χ1) is 9.21. The van der Waals surface area contributed by atoms with E-state index in [0.717, 1.165) is 5.56 Å². The number of carbonyl (C=O) groups excluding carboxylic acids is 1. The van der Waals surface area contributed by atoms with Gasteiger partial charge in [-0.1, -0.05) is 26.0 Å². The smallest absolute Gasteiger partial charge is 0.239 e. The third-order valence-electron chi connectivity index (χ3n) is 2.93. The van der Waals surface area contributed by atoms with Gasteiger partial charge in [-0.15, -0.1) is 0 Å². The zero-order chi connectivity index (χ0) is 15.3. The van der Waals surface area contributed by atoms with Crippen LogP contribution in [-0.2, 0) is 14.6 Å². The highest BCUT2D eigenvalue weighted by Crippen LogP contribution is 2.22. The van der Waals surface area contributed by atoms with Crippen molar-refractivity contribution in [1.29, 1.82) is 0 Å². The number of nitrogens with two attached hydrogens (primary N) is 1. The lowest BCUT2D eigenvalue weighted by molar-refractivity contribution is -0.113. The van der Waals surface area contributed by atoms with Crippen LogP contribution in [0.15, 0.2) is 18.2 Å². The van der Waals surface area contributed by atoms with Gasteiger partial charge in [-0.05, 0) is 30.9 Å². The number of nitrogen functional groups attached to an aromatic ring is 1. The van der Waals surface area contributed by atoms with E-state index in [9.17, 15) is 13.2 Å². The van der Waals surface area contributed by atoms with Gasteiger partial charge in [-0.25, -0.2) is 8.42 Å². The minimum absolute atomic E-state index is 0.0291. The van der Waals surface area contributed by atoms with Gasteiger partial charge >= 0.3 is 0 Å². The molecule has 0 spiro atoms. The van der Waals surface area contributed by atoms with E-state index in [1.807, 2.05) is 13.8 Å². The second-order valence-corrected chi connectivity index (χ2v) is 7.55. The average molecular weight is 298 g/mol. The lowest BCUT2D eigenvalue weighted by Crippen LogP contribution is -2.25. The number of aryl methyl sites for hydroxylation is 1. The third-order valence-corrected chi connectivity index (χ3v) is 4.49. The van der Waals surface area contributed by atoms with Crippen LogP contribution in [0.1, 0.15) is 25.8 Å². The van der Waals surface area contributed by atoms with Crippen molar-refractivity contribution in [1.82, 2.24) is 0 Å². The molecule has 6 heteroatoms. The van der Waals surface area contributed by atoms with Crippen molar-refractivity contribution in [2.45, 2.75) is 27.2 Å². The maximum atomic E-state index is 11.8. The number of hydrogen-bond acceptors (Lipinski definition) is 4. The number of rotatable bonds is 6. The Kier molecular flexibility index (Phi) is 5.56. The van der Waals surface area contributed by atoms with Crippen molar-refractivity contribution < 1.29 is 13.2 Å². The van der Waals surface area contributed by atoms with E-state index in [-0.39, 0.29) is 5.75 Å². The van der Waals surface area contributed by atoms with Gasteiger partial charge in [0.15, 0.2) is 9.84 Å². The highest BCUT2D eigenvalue weighted by atomic mass is 32.2. The van der Waals surface area contributed by atoms with Crippen LogP contribution >= 0.6 is 0 Å². The van der Waals surface area contributed by atoms with Crippen molar-refractivity contribution in [3.63, 3.8) is 0 Å². The lowest BCUT2D eigenvalue weighted by Gasteiger charge is -2.11. The van der Waals surface area contributed by atoms with Crippen LogP contribution in [0.2, 0.25) is 0 Å². The lowest BCUT2D eigenvalue weighted by atomic mass is 10.1. The summed E-state index contributed by atoms with van der Waals surface area (Å²) in [6.07, 6.45) is 0.558. The molecule has 1 amide bonds. The molecule has 0 unspecified atom stereocenters. The van der Waals surface area contributed by atoms with Crippen LogP contribution in [0.5, 0.6) is 0 Å². The summed E-state index contributed by atoms with van der Waals surface area (Å²) in [7, 11) is -3.37. The Balaban J connectivity index is 2.69. The summed E-state index contributed by atoms with van der Waals surface area (Å²) in [6.45, 7) is 5.70. The van der Waals surface area contributed by atoms with Crippen molar-refractivity contribution in [3.05, 3.63) is 23.8 Å². The topological polar surface area (TPSA) is 89.3 Å². The maximum Gasteiger partial charge on any atom is 0.239 e. The van der Waals surface area contributed by atoms with E-state index < -0.39 is 21.5 Å². The van der Waals surface area contributed by atoms with Crippen LogP contribution in [0.4, 0.5) is 11.4 Å². The van der Waals surface area contributed by atoms with Gasteiger partial charge in [0.1, 0.15) is 5.75 Å². The standard InChI is InChI=1S/C14H22N2O3S/c1-10(2)7-8-20(18,19)9-13(17)16-14-11(3)5-4-6-12(14)15/h4-6,10H,7-9,15H2,1-3H3,(H,16,17). The molecule has 20 heavy (non-hydrogen) atoms. The van der Waals surface area contributed by atoms with E-state index in [1.165, 1.54) is 0 Å². The quantitative estimate of drug-likeness (QED) is 0.786. The summed E-state index contributed by atoms with van der Waals surface area (Å²) in [5.74, 6) is -0.732. The van der Waals surface area contributed by atoms with Crippen LogP contribution in [0.25, 0.3) is 0 Å². The first kappa shape index (κ1) is 16.5. The molecule has 0 fully saturated rings. The minimum Gasteiger partial charge on any atom is -0.397 e. The molecule has 0 aliphatic carbocycles. The minimum atomic E-state index is -3.37. The first-order valence-electron chi connectivity index (χ1n) is 6.56. The summed E-state index contributed by atoms with van der Waals surface area (Å²) in [6, 6.07) is 5.24. The van der Waals surface area contributed by atoms with Crippen molar-refractivity contribution in [3.8, 4) is 0 Å². The van der Waals surface area contributed by atoms with Gasteiger partial charge in [0.2, 0.25) is 5.91 Å². The summed E-state index contributed by atoms with van der Waals surface area (Å²) in [5.41, 5.74) is 7.48. The van der Waals surface area contributed by atoms with Crippen LogP contribution < -0.4 is 11.1 Å². The molecule has 0 aliphatic heterocycles. The second kappa shape index (κ2) is 6.74. The normalized spacial score (nSPS) is 11.6. The summed E-state index contributed by atoms with van der Waals surface area (Å²) in [4.78, 5) is 11.8. The van der Waals surface area contributed by atoms with Gasteiger partial charge in [-0.2, -0.15) is 0 Å². The molecule has 0 atom stereocenters. The molecular formula is C14H22N2O3S. The molecule has 1 aromatic carbocycles. The molecule has 5 nitrogen and oxygen atoms in total. The van der Waals surface area contributed by atoms with E-state index in [1.54, 1.807) is 25.1 Å². The Morgan fingerprint density at radius 2 is 2.00 bits per heavy atom. The van der Waals surface area contributed by atoms with Gasteiger partial charge in [-0.3, -0.25) is 4.79 Å². The number of para-hydroxylation sites is 1. The Bertz CT molecular complexity index is 560. The van der Waals surface area contributed by atoms with E-state index >= 15 is 0 Å².